The van der Waals surface area contributed by atoms with Crippen LogP contribution in [0.25, 0.3) is 0 Å². The van der Waals surface area contributed by atoms with Gasteiger partial charge in [-0.1, -0.05) is 19.8 Å². The molecule has 0 heterocycles. The lowest BCUT2D eigenvalue weighted by atomic mass is 9.99. The van der Waals surface area contributed by atoms with Gasteiger partial charge in [-0.25, -0.2) is 0 Å². The second-order valence-corrected chi connectivity index (χ2v) is 4.02. The lowest BCUT2D eigenvalue weighted by Gasteiger charge is -2.08. The van der Waals surface area contributed by atoms with Crippen LogP contribution in [0.5, 0.6) is 5.75 Å². The van der Waals surface area contributed by atoms with E-state index in [9.17, 15) is 14.7 Å². The first kappa shape index (κ1) is 13.2. The predicted octanol–water partition coefficient (Wildman–Crippen LogP) is 2.04. The van der Waals surface area contributed by atoms with Crippen molar-refractivity contribution in [3.8, 4) is 5.75 Å². The number of nitrogens with two attached hydrogens (primary N) is 1. The van der Waals surface area contributed by atoms with E-state index in [0.29, 0.717) is 23.8 Å². The van der Waals surface area contributed by atoms with Gasteiger partial charge in [-0.3, -0.25) is 9.59 Å². The van der Waals surface area contributed by atoms with Crippen molar-refractivity contribution in [3.05, 3.63) is 28.8 Å². The molecule has 4 heteroatoms. The predicted molar refractivity (Wildman–Crippen MR) is 65.2 cm³/mol. The Morgan fingerprint density at radius 2 is 2.12 bits per heavy atom. The fourth-order valence-corrected chi connectivity index (χ4v) is 1.73. The largest absolute Gasteiger partial charge is 0.507 e. The summed E-state index contributed by atoms with van der Waals surface area (Å²) in [5.74, 6) is -0.817. The Morgan fingerprint density at radius 1 is 1.41 bits per heavy atom. The van der Waals surface area contributed by atoms with E-state index in [1.165, 1.54) is 6.07 Å². The quantitative estimate of drug-likeness (QED) is 0.584. The first-order chi connectivity index (χ1) is 8.10. The normalized spacial score (nSPS) is 10.2. The number of rotatable bonds is 6. The highest BCUT2D eigenvalue weighted by atomic mass is 16.3. The molecule has 0 aliphatic heterocycles. The maximum atomic E-state index is 11.1. The Labute approximate surface area is 100 Å². The van der Waals surface area contributed by atoms with Gasteiger partial charge in [0.1, 0.15) is 12.0 Å². The molecule has 1 rings (SSSR count). The van der Waals surface area contributed by atoms with E-state index in [1.807, 2.05) is 0 Å². The average molecular weight is 235 g/mol. The highest BCUT2D eigenvalue weighted by Gasteiger charge is 2.13. The van der Waals surface area contributed by atoms with Crippen LogP contribution in [0.2, 0.25) is 0 Å². The van der Waals surface area contributed by atoms with E-state index < -0.39 is 5.91 Å². The summed E-state index contributed by atoms with van der Waals surface area (Å²) in [5, 5.41) is 9.86. The lowest BCUT2D eigenvalue weighted by molar-refractivity contribution is 0.0997. The van der Waals surface area contributed by atoms with Gasteiger partial charge in [0.25, 0.3) is 5.91 Å². The van der Waals surface area contributed by atoms with Crippen LogP contribution >= 0.6 is 0 Å². The number of aldehydes is 1. The van der Waals surface area contributed by atoms with Crippen LogP contribution in [0.1, 0.15) is 52.5 Å². The van der Waals surface area contributed by atoms with Crippen molar-refractivity contribution in [1.82, 2.24) is 0 Å². The summed E-state index contributed by atoms with van der Waals surface area (Å²) in [6.45, 7) is 2.08. The number of carbonyl (C=O) groups is 2. The molecule has 4 nitrogen and oxygen atoms in total. The Balaban J connectivity index is 3.06. The zero-order valence-corrected chi connectivity index (χ0v) is 9.90. The number of hydrogen-bond donors (Lipinski definition) is 2. The Morgan fingerprint density at radius 3 is 2.65 bits per heavy atom. The van der Waals surface area contributed by atoms with E-state index in [1.54, 1.807) is 6.07 Å². The molecule has 3 N–H and O–H groups in total. The van der Waals surface area contributed by atoms with Gasteiger partial charge >= 0.3 is 0 Å². The SMILES string of the molecule is CCCCCc1cc(C=O)cc(C(N)=O)c1O. The molecule has 0 atom stereocenters. The summed E-state index contributed by atoms with van der Waals surface area (Å²) < 4.78 is 0. The molecule has 0 saturated carbocycles. The minimum atomic E-state index is -0.719. The molecule has 0 aliphatic rings. The van der Waals surface area contributed by atoms with Crippen LogP contribution in [0.15, 0.2) is 12.1 Å². The maximum absolute atomic E-state index is 11.1. The van der Waals surface area contributed by atoms with E-state index in [-0.39, 0.29) is 11.3 Å². The zero-order valence-electron chi connectivity index (χ0n) is 9.90. The standard InChI is InChI=1S/C13H17NO3/c1-2-3-4-5-10-6-9(8-15)7-11(12(10)16)13(14)17/h6-8,16H,2-5H2,1H3,(H2,14,17). The van der Waals surface area contributed by atoms with Crippen molar-refractivity contribution < 1.29 is 14.7 Å². The Bertz CT molecular complexity index is 427. The van der Waals surface area contributed by atoms with Gasteiger partial charge in [0.15, 0.2) is 0 Å². The molecule has 0 bridgehead atoms. The molecule has 92 valence electrons. The molecule has 0 aliphatic carbocycles. The van der Waals surface area contributed by atoms with Crippen LogP contribution in [-0.4, -0.2) is 17.3 Å². The number of unbranched alkanes of at least 4 members (excludes halogenated alkanes) is 2. The smallest absolute Gasteiger partial charge is 0.252 e. The highest BCUT2D eigenvalue weighted by Crippen LogP contribution is 2.25. The molecule has 0 radical (unpaired) electrons. The minimum Gasteiger partial charge on any atom is -0.507 e. The van der Waals surface area contributed by atoms with Crippen LogP contribution in [0, 0.1) is 0 Å². The van der Waals surface area contributed by atoms with Gasteiger partial charge in [-0.05, 0) is 30.5 Å². The molecule has 1 amide bonds. The van der Waals surface area contributed by atoms with Gasteiger partial charge < -0.3 is 10.8 Å². The summed E-state index contributed by atoms with van der Waals surface area (Å²) in [6.07, 6.45) is 4.30. The number of primary amides is 1. The molecule has 0 unspecified atom stereocenters. The van der Waals surface area contributed by atoms with E-state index in [4.69, 9.17) is 5.73 Å². The van der Waals surface area contributed by atoms with Gasteiger partial charge in [-0.2, -0.15) is 0 Å². The molecule has 1 aromatic carbocycles. The highest BCUT2D eigenvalue weighted by molar-refractivity contribution is 5.97. The number of phenols is 1. The molecule has 0 fully saturated rings. The average Bonchev–Trinajstić information content (AvgIpc) is 2.31. The van der Waals surface area contributed by atoms with Crippen molar-refractivity contribution in [1.29, 1.82) is 0 Å². The van der Waals surface area contributed by atoms with Gasteiger partial charge in [-0.15, -0.1) is 0 Å². The van der Waals surface area contributed by atoms with Crippen LogP contribution < -0.4 is 5.73 Å². The third-order valence-electron chi connectivity index (χ3n) is 2.66. The second kappa shape index (κ2) is 6.03. The van der Waals surface area contributed by atoms with Gasteiger partial charge in [0.2, 0.25) is 0 Å². The molecular formula is C13H17NO3. The van der Waals surface area contributed by atoms with E-state index in [0.717, 1.165) is 19.3 Å². The molecule has 0 saturated heterocycles. The van der Waals surface area contributed by atoms with Crippen molar-refractivity contribution in [2.24, 2.45) is 5.73 Å². The summed E-state index contributed by atoms with van der Waals surface area (Å²) in [6, 6.07) is 2.92. The number of hydrogen-bond acceptors (Lipinski definition) is 3. The number of carbonyl (C=O) groups excluding carboxylic acids is 2. The third-order valence-corrected chi connectivity index (χ3v) is 2.66. The molecule has 17 heavy (non-hydrogen) atoms. The maximum Gasteiger partial charge on any atom is 0.252 e. The molecule has 0 aromatic heterocycles. The van der Waals surface area contributed by atoms with Crippen molar-refractivity contribution in [3.63, 3.8) is 0 Å². The number of amides is 1. The monoisotopic (exact) mass is 235 g/mol. The van der Waals surface area contributed by atoms with E-state index in [2.05, 4.69) is 6.92 Å². The fraction of sp³-hybridized carbons (Fsp3) is 0.385. The van der Waals surface area contributed by atoms with Gasteiger partial charge in [0.05, 0.1) is 5.56 Å². The van der Waals surface area contributed by atoms with Crippen LogP contribution in [-0.2, 0) is 6.42 Å². The Hall–Kier alpha value is -1.84. The third kappa shape index (κ3) is 3.31. The number of aromatic hydroxyl groups is 1. The second-order valence-electron chi connectivity index (χ2n) is 4.02. The first-order valence-electron chi connectivity index (χ1n) is 5.71. The summed E-state index contributed by atoms with van der Waals surface area (Å²) in [4.78, 5) is 21.9. The van der Waals surface area contributed by atoms with Crippen molar-refractivity contribution in [2.75, 3.05) is 0 Å². The van der Waals surface area contributed by atoms with E-state index >= 15 is 0 Å². The topological polar surface area (TPSA) is 80.4 Å². The summed E-state index contributed by atoms with van der Waals surface area (Å²) in [7, 11) is 0. The number of benzene rings is 1. The van der Waals surface area contributed by atoms with Crippen molar-refractivity contribution >= 4 is 12.2 Å². The summed E-state index contributed by atoms with van der Waals surface area (Å²) >= 11 is 0. The van der Waals surface area contributed by atoms with Crippen LogP contribution in [0.3, 0.4) is 0 Å². The Kier molecular flexibility index (Phi) is 4.69. The number of aryl methyl sites for hydroxylation is 1. The first-order valence-corrected chi connectivity index (χ1v) is 5.71. The van der Waals surface area contributed by atoms with Gasteiger partial charge in [0, 0.05) is 5.56 Å². The van der Waals surface area contributed by atoms with Crippen molar-refractivity contribution in [2.45, 2.75) is 32.6 Å². The molecular weight excluding hydrogens is 218 g/mol. The molecule has 1 aromatic rings. The summed E-state index contributed by atoms with van der Waals surface area (Å²) in [5.41, 5.74) is 6.13. The zero-order chi connectivity index (χ0) is 12.8. The lowest BCUT2D eigenvalue weighted by Crippen LogP contribution is -2.12. The minimum absolute atomic E-state index is 0.0149. The van der Waals surface area contributed by atoms with Crippen LogP contribution in [0.4, 0.5) is 0 Å². The fourth-order valence-electron chi connectivity index (χ4n) is 1.73. The molecule has 0 spiro atoms.